The van der Waals surface area contributed by atoms with Gasteiger partial charge < -0.3 is 14.9 Å². The van der Waals surface area contributed by atoms with Crippen molar-refractivity contribution in [3.63, 3.8) is 0 Å². The maximum atomic E-state index is 11.8. The average Bonchev–Trinajstić information content (AvgIpc) is 2.26. The minimum Gasteiger partial charge on any atom is -0.362 e. The minimum atomic E-state index is -1.77. The molecule has 0 radical (unpaired) electrons. The first-order valence-corrected chi connectivity index (χ1v) is 6.54. The number of likely N-dealkylation sites (N-methyl/N-ethyl adjacent to an activating group) is 1. The van der Waals surface area contributed by atoms with Crippen LogP contribution in [-0.2, 0) is 4.79 Å². The van der Waals surface area contributed by atoms with E-state index in [2.05, 4.69) is 4.79 Å². The molecule has 17 heavy (non-hydrogen) atoms. The summed E-state index contributed by atoms with van der Waals surface area (Å²) in [6.45, 7) is 0.300. The molecule has 1 aliphatic carbocycles. The number of hydrogen-bond donors (Lipinski definition) is 1. The lowest BCUT2D eigenvalue weighted by atomic mass is 10.2. The van der Waals surface area contributed by atoms with Gasteiger partial charge in [-0.1, -0.05) is 6.08 Å². The van der Waals surface area contributed by atoms with Crippen LogP contribution in [0, 0.1) is 0 Å². The number of carbonyl (C=O) groups excluding carboxylic acids is 1. The molecule has 1 atom stereocenters. The van der Waals surface area contributed by atoms with Gasteiger partial charge in [0.25, 0.3) is 5.71 Å². The Balaban J connectivity index is 2.70. The van der Waals surface area contributed by atoms with Crippen molar-refractivity contribution in [2.75, 3.05) is 27.7 Å². The number of carbonyl (C=O) groups is 1. The normalized spacial score (nSPS) is 17.4. The molecule has 6 heteroatoms. The number of hydrogen-bond acceptors (Lipinski definition) is 2. The molecule has 0 bridgehead atoms. The molecule has 0 spiro atoms. The summed E-state index contributed by atoms with van der Waals surface area (Å²) < 4.78 is 0.499. The van der Waals surface area contributed by atoms with Gasteiger partial charge in [-0.2, -0.15) is 4.79 Å². The van der Waals surface area contributed by atoms with E-state index in [1.54, 1.807) is 18.2 Å². The van der Waals surface area contributed by atoms with Crippen molar-refractivity contribution in [1.82, 2.24) is 0 Å². The van der Waals surface area contributed by atoms with E-state index < -0.39 is 8.15 Å². The third-order valence-electron chi connectivity index (χ3n) is 2.19. The van der Waals surface area contributed by atoms with Crippen molar-refractivity contribution >= 4 is 19.4 Å². The lowest BCUT2D eigenvalue weighted by molar-refractivity contribution is -0.861. The summed E-state index contributed by atoms with van der Waals surface area (Å²) in [6.07, 6.45) is 5.42. The number of nitrogens with zero attached hydrogens (tertiary/aromatic N) is 3. The van der Waals surface area contributed by atoms with Crippen LogP contribution in [0.1, 0.15) is 6.42 Å². The summed E-state index contributed by atoms with van der Waals surface area (Å²) in [5.74, 6) is 0. The van der Waals surface area contributed by atoms with Gasteiger partial charge in [0.1, 0.15) is 14.7 Å². The molecule has 0 fully saturated rings. The Morgan fingerprint density at radius 1 is 1.53 bits per heavy atom. The van der Waals surface area contributed by atoms with E-state index in [0.717, 1.165) is 0 Å². The van der Waals surface area contributed by atoms with Crippen LogP contribution in [0.4, 0.5) is 0 Å². The Labute approximate surface area is 102 Å². The van der Waals surface area contributed by atoms with Gasteiger partial charge in [0.15, 0.2) is 0 Å². The van der Waals surface area contributed by atoms with Crippen LogP contribution < -0.4 is 0 Å². The Bertz CT molecular complexity index is 428. The molecule has 0 amide bonds. The molecule has 1 aliphatic rings. The van der Waals surface area contributed by atoms with Crippen LogP contribution in [0.2, 0.25) is 0 Å². The van der Waals surface area contributed by atoms with Crippen LogP contribution in [0.5, 0.6) is 0 Å². The van der Waals surface area contributed by atoms with Crippen molar-refractivity contribution in [2.24, 2.45) is 0 Å². The first kappa shape index (κ1) is 13.9. The van der Waals surface area contributed by atoms with Crippen LogP contribution >= 0.6 is 8.15 Å². The zero-order valence-corrected chi connectivity index (χ0v) is 11.2. The molecule has 1 N–H and O–H groups in total. The van der Waals surface area contributed by atoms with E-state index in [0.29, 0.717) is 28.5 Å². The van der Waals surface area contributed by atoms with Gasteiger partial charge in [0, 0.05) is 11.4 Å². The first-order chi connectivity index (χ1) is 7.83. The van der Waals surface area contributed by atoms with E-state index in [-0.39, 0.29) is 5.52 Å². The minimum absolute atomic E-state index is 0.146. The van der Waals surface area contributed by atoms with E-state index >= 15 is 0 Å². The van der Waals surface area contributed by atoms with Crippen molar-refractivity contribution in [3.05, 3.63) is 29.1 Å². The van der Waals surface area contributed by atoms with E-state index in [1.165, 1.54) is 0 Å². The fourth-order valence-electron chi connectivity index (χ4n) is 1.37. The summed E-state index contributed by atoms with van der Waals surface area (Å²) in [6, 6.07) is 0. The molecule has 0 heterocycles. The number of allylic oxidation sites excluding steroid dienone is 4. The lowest BCUT2D eigenvalue weighted by Crippen LogP contribution is -2.39. The molecule has 92 valence electrons. The van der Waals surface area contributed by atoms with Gasteiger partial charge in [-0.3, -0.25) is 4.79 Å². The Hall–Kier alpha value is -1.12. The number of quaternary nitrogens is 1. The van der Waals surface area contributed by atoms with Gasteiger partial charge in [0.2, 0.25) is 5.52 Å². The second-order valence-corrected chi connectivity index (χ2v) is 6.55. The summed E-state index contributed by atoms with van der Waals surface area (Å²) in [5.41, 5.74) is 8.94. The fourth-order valence-corrected chi connectivity index (χ4v) is 2.70. The molecule has 0 saturated carbocycles. The zero-order chi connectivity index (χ0) is 13.1. The van der Waals surface area contributed by atoms with Crippen LogP contribution in [0.15, 0.2) is 23.5 Å². The topological polar surface area (TPSA) is 73.7 Å². The molecule has 0 aromatic carbocycles. The van der Waals surface area contributed by atoms with Gasteiger partial charge in [-0.15, -0.1) is 0 Å². The maximum Gasteiger partial charge on any atom is 0.295 e. The molecule has 0 saturated heterocycles. The fraction of sp³-hybridized carbons (Fsp3) is 0.455. The molecule has 1 rings (SSSR count). The first-order valence-electron chi connectivity index (χ1n) is 5.25. The average molecular weight is 254 g/mol. The predicted octanol–water partition coefficient (Wildman–Crippen LogP) is 1.12. The third-order valence-corrected chi connectivity index (χ3v) is 3.62. The van der Waals surface area contributed by atoms with Gasteiger partial charge in [-0.05, 0) is 6.08 Å². The van der Waals surface area contributed by atoms with Crippen molar-refractivity contribution in [1.29, 1.82) is 0 Å². The van der Waals surface area contributed by atoms with Gasteiger partial charge >= 0.3 is 0 Å². The highest BCUT2D eigenvalue weighted by molar-refractivity contribution is 7.73. The largest absolute Gasteiger partial charge is 0.362 e. The van der Waals surface area contributed by atoms with E-state index in [1.807, 2.05) is 21.1 Å². The van der Waals surface area contributed by atoms with Crippen LogP contribution in [-0.4, -0.2) is 53.1 Å². The summed E-state index contributed by atoms with van der Waals surface area (Å²) in [5, 5.41) is 0.630. The van der Waals surface area contributed by atoms with Crippen LogP contribution in [0.3, 0.4) is 0 Å². The second kappa shape index (κ2) is 5.48. The smallest absolute Gasteiger partial charge is 0.295 e. The summed E-state index contributed by atoms with van der Waals surface area (Å²) in [7, 11) is 3.95. The summed E-state index contributed by atoms with van der Waals surface area (Å²) in [4.78, 5) is 24.8. The van der Waals surface area contributed by atoms with Crippen molar-refractivity contribution in [3.8, 4) is 0 Å². The van der Waals surface area contributed by atoms with Gasteiger partial charge in [0.05, 0.1) is 27.6 Å². The van der Waals surface area contributed by atoms with E-state index in [4.69, 9.17) is 5.53 Å². The molecule has 0 aromatic rings. The highest BCUT2D eigenvalue weighted by Gasteiger charge is 2.26. The molecule has 5 nitrogen and oxygen atoms in total. The highest BCUT2D eigenvalue weighted by Crippen LogP contribution is 2.43. The SMILES string of the molecule is C[N+](C)(C)CC(=O)P(O)C1=CCC(=[N+]=[N-])C=C1. The zero-order valence-electron chi connectivity index (χ0n) is 10.3. The second-order valence-electron chi connectivity index (χ2n) is 4.91. The molecule has 1 unspecified atom stereocenters. The number of rotatable bonds is 4. The Morgan fingerprint density at radius 3 is 2.59 bits per heavy atom. The van der Waals surface area contributed by atoms with E-state index in [9.17, 15) is 9.69 Å². The van der Waals surface area contributed by atoms with Crippen molar-refractivity contribution < 1.29 is 19.0 Å². The standard InChI is InChI=1S/C11H17N3O2P/c1-14(2,3)8-11(15)17(16)10-6-4-9(13-12)5-7-10/h4,6-7,16H,5,8H2,1-3H3/q+1. The highest BCUT2D eigenvalue weighted by atomic mass is 31.1. The van der Waals surface area contributed by atoms with Crippen LogP contribution in [0.25, 0.3) is 5.53 Å². The quantitative estimate of drug-likeness (QED) is 0.353. The van der Waals surface area contributed by atoms with Crippen molar-refractivity contribution in [2.45, 2.75) is 6.42 Å². The molecule has 0 aliphatic heterocycles. The molecular formula is C11H17N3O2P+. The lowest BCUT2D eigenvalue weighted by Gasteiger charge is -2.24. The Kier molecular flexibility index (Phi) is 4.49. The summed E-state index contributed by atoms with van der Waals surface area (Å²) >= 11 is 0. The third kappa shape index (κ3) is 4.33. The molecule has 0 aromatic heterocycles. The molecular weight excluding hydrogens is 237 g/mol. The monoisotopic (exact) mass is 254 g/mol. The predicted molar refractivity (Wildman–Crippen MR) is 67.5 cm³/mol. The van der Waals surface area contributed by atoms with Gasteiger partial charge in [-0.25, -0.2) is 0 Å². The maximum absolute atomic E-state index is 11.8. The Morgan fingerprint density at radius 2 is 2.18 bits per heavy atom.